The highest BCUT2D eigenvalue weighted by Gasteiger charge is 2.00. The van der Waals surface area contributed by atoms with Crippen LogP contribution in [0.3, 0.4) is 0 Å². The number of hydrogen-bond donors (Lipinski definition) is 2. The number of aromatic nitrogens is 2. The van der Waals surface area contributed by atoms with Crippen LogP contribution in [0.4, 0.5) is 0 Å². The summed E-state index contributed by atoms with van der Waals surface area (Å²) < 4.78 is 5.02. The SMILES string of the molecule is CCOc1nccc(C(=N)N)n1. The Morgan fingerprint density at radius 3 is 3.08 bits per heavy atom. The number of nitrogens with zero attached hydrogens (tertiary/aromatic N) is 2. The molecule has 1 heterocycles. The minimum absolute atomic E-state index is 0.0849. The van der Waals surface area contributed by atoms with Crippen LogP contribution in [0.5, 0.6) is 6.01 Å². The standard InChI is InChI=1S/C7H10N4O/c1-2-12-7-10-4-3-5(11-7)6(8)9/h3-4H,2H2,1H3,(H3,8,9). The Morgan fingerprint density at radius 2 is 2.50 bits per heavy atom. The Morgan fingerprint density at radius 1 is 1.75 bits per heavy atom. The molecule has 0 saturated heterocycles. The first-order valence-electron chi connectivity index (χ1n) is 3.54. The summed E-state index contributed by atoms with van der Waals surface area (Å²) in [6.45, 7) is 2.34. The van der Waals surface area contributed by atoms with Crippen molar-refractivity contribution in [2.24, 2.45) is 5.73 Å². The molecular formula is C7H10N4O. The van der Waals surface area contributed by atoms with Crippen LogP contribution in [-0.2, 0) is 0 Å². The smallest absolute Gasteiger partial charge is 0.316 e. The Labute approximate surface area is 70.1 Å². The maximum atomic E-state index is 7.10. The molecule has 0 aromatic carbocycles. The molecule has 0 saturated carbocycles. The molecule has 0 radical (unpaired) electrons. The van der Waals surface area contributed by atoms with Crippen molar-refractivity contribution in [3.63, 3.8) is 0 Å². The number of nitrogens with one attached hydrogen (secondary N) is 1. The van der Waals surface area contributed by atoms with Crippen molar-refractivity contribution in [2.45, 2.75) is 6.92 Å². The van der Waals surface area contributed by atoms with Gasteiger partial charge in [0.2, 0.25) is 0 Å². The Kier molecular flexibility index (Phi) is 2.57. The van der Waals surface area contributed by atoms with Gasteiger partial charge < -0.3 is 10.5 Å². The molecule has 5 heteroatoms. The zero-order valence-corrected chi connectivity index (χ0v) is 6.74. The number of amidine groups is 1. The lowest BCUT2D eigenvalue weighted by molar-refractivity contribution is 0.312. The quantitative estimate of drug-likeness (QED) is 0.494. The van der Waals surface area contributed by atoms with Gasteiger partial charge in [-0.1, -0.05) is 0 Å². The van der Waals surface area contributed by atoms with Crippen LogP contribution in [0.25, 0.3) is 0 Å². The molecule has 0 spiro atoms. The molecule has 1 rings (SSSR count). The fourth-order valence-corrected chi connectivity index (χ4v) is 0.689. The molecular weight excluding hydrogens is 156 g/mol. The normalized spacial score (nSPS) is 9.42. The van der Waals surface area contributed by atoms with Gasteiger partial charge in [-0.15, -0.1) is 0 Å². The summed E-state index contributed by atoms with van der Waals surface area (Å²) >= 11 is 0. The Bertz CT molecular complexity index is 286. The highest BCUT2D eigenvalue weighted by molar-refractivity contribution is 5.92. The monoisotopic (exact) mass is 166 g/mol. The Hall–Kier alpha value is -1.65. The van der Waals surface area contributed by atoms with E-state index in [0.717, 1.165) is 0 Å². The molecule has 1 aromatic heterocycles. The predicted octanol–water partition coefficient (Wildman–Crippen LogP) is 0.159. The first-order valence-corrected chi connectivity index (χ1v) is 3.54. The second-order valence-corrected chi connectivity index (χ2v) is 2.07. The summed E-state index contributed by atoms with van der Waals surface area (Å²) in [5.74, 6) is -0.0849. The van der Waals surface area contributed by atoms with E-state index in [1.54, 1.807) is 6.07 Å². The van der Waals surface area contributed by atoms with Crippen molar-refractivity contribution in [3.05, 3.63) is 18.0 Å². The zero-order valence-electron chi connectivity index (χ0n) is 6.74. The van der Waals surface area contributed by atoms with Crippen LogP contribution in [0.15, 0.2) is 12.3 Å². The van der Waals surface area contributed by atoms with E-state index in [9.17, 15) is 0 Å². The highest BCUT2D eigenvalue weighted by atomic mass is 16.5. The van der Waals surface area contributed by atoms with Crippen molar-refractivity contribution < 1.29 is 4.74 Å². The summed E-state index contributed by atoms with van der Waals surface area (Å²) in [6, 6.07) is 1.82. The van der Waals surface area contributed by atoms with Crippen LogP contribution < -0.4 is 10.5 Å². The molecule has 64 valence electrons. The van der Waals surface area contributed by atoms with Crippen LogP contribution in [-0.4, -0.2) is 22.4 Å². The van der Waals surface area contributed by atoms with Gasteiger partial charge in [-0.2, -0.15) is 4.98 Å². The van der Waals surface area contributed by atoms with Gasteiger partial charge in [0.05, 0.1) is 6.61 Å². The van der Waals surface area contributed by atoms with E-state index in [-0.39, 0.29) is 11.8 Å². The van der Waals surface area contributed by atoms with E-state index in [0.29, 0.717) is 12.3 Å². The molecule has 3 N–H and O–H groups in total. The molecule has 0 aliphatic heterocycles. The molecule has 0 amide bonds. The second-order valence-electron chi connectivity index (χ2n) is 2.07. The van der Waals surface area contributed by atoms with Gasteiger partial charge in [-0.3, -0.25) is 5.41 Å². The van der Waals surface area contributed by atoms with Crippen molar-refractivity contribution in [3.8, 4) is 6.01 Å². The molecule has 0 aliphatic rings. The summed E-state index contributed by atoms with van der Waals surface area (Å²) in [4.78, 5) is 7.71. The molecule has 5 nitrogen and oxygen atoms in total. The summed E-state index contributed by atoms with van der Waals surface area (Å²) in [7, 11) is 0. The fraction of sp³-hybridized carbons (Fsp3) is 0.286. The summed E-state index contributed by atoms with van der Waals surface area (Å²) in [6.07, 6.45) is 1.51. The minimum atomic E-state index is -0.0849. The first-order chi connectivity index (χ1) is 5.74. The van der Waals surface area contributed by atoms with Gasteiger partial charge in [-0.25, -0.2) is 4.98 Å². The zero-order chi connectivity index (χ0) is 8.97. The lowest BCUT2D eigenvalue weighted by Crippen LogP contribution is -2.14. The highest BCUT2D eigenvalue weighted by Crippen LogP contribution is 2.01. The van der Waals surface area contributed by atoms with Crippen LogP contribution in [0.2, 0.25) is 0 Å². The number of ether oxygens (including phenoxy) is 1. The third kappa shape index (κ3) is 1.91. The van der Waals surface area contributed by atoms with E-state index in [2.05, 4.69) is 9.97 Å². The largest absolute Gasteiger partial charge is 0.464 e. The maximum Gasteiger partial charge on any atom is 0.316 e. The average molecular weight is 166 g/mol. The first kappa shape index (κ1) is 8.45. The number of hydrogen-bond acceptors (Lipinski definition) is 4. The van der Waals surface area contributed by atoms with Gasteiger partial charge in [0.25, 0.3) is 0 Å². The van der Waals surface area contributed by atoms with Gasteiger partial charge in [0, 0.05) is 6.20 Å². The van der Waals surface area contributed by atoms with Gasteiger partial charge in [-0.05, 0) is 13.0 Å². The molecule has 0 bridgehead atoms. The van der Waals surface area contributed by atoms with Crippen molar-refractivity contribution in [1.29, 1.82) is 5.41 Å². The van der Waals surface area contributed by atoms with Gasteiger partial charge in [0.1, 0.15) is 11.5 Å². The molecule has 0 aliphatic carbocycles. The lowest BCUT2D eigenvalue weighted by Gasteiger charge is -2.01. The Balaban J connectivity index is 2.88. The predicted molar refractivity (Wildman–Crippen MR) is 44.2 cm³/mol. The molecule has 0 atom stereocenters. The second kappa shape index (κ2) is 3.66. The average Bonchev–Trinajstić information content (AvgIpc) is 2.05. The molecule has 12 heavy (non-hydrogen) atoms. The van der Waals surface area contributed by atoms with Crippen molar-refractivity contribution >= 4 is 5.84 Å². The van der Waals surface area contributed by atoms with Gasteiger partial charge in [0.15, 0.2) is 0 Å². The third-order valence-electron chi connectivity index (χ3n) is 1.18. The fourth-order valence-electron chi connectivity index (χ4n) is 0.689. The summed E-state index contributed by atoms with van der Waals surface area (Å²) in [5, 5.41) is 7.10. The van der Waals surface area contributed by atoms with Crippen molar-refractivity contribution in [2.75, 3.05) is 6.61 Å². The number of nitrogen functional groups attached to an aromatic ring is 1. The molecule has 0 unspecified atom stereocenters. The van der Waals surface area contributed by atoms with E-state index in [1.807, 2.05) is 6.92 Å². The lowest BCUT2D eigenvalue weighted by atomic mass is 10.4. The number of rotatable bonds is 3. The number of nitrogens with two attached hydrogens (primary N) is 1. The third-order valence-corrected chi connectivity index (χ3v) is 1.18. The summed E-state index contributed by atoms with van der Waals surface area (Å²) in [5.41, 5.74) is 5.60. The van der Waals surface area contributed by atoms with E-state index in [4.69, 9.17) is 15.9 Å². The van der Waals surface area contributed by atoms with Gasteiger partial charge >= 0.3 is 6.01 Å². The van der Waals surface area contributed by atoms with Crippen LogP contribution in [0, 0.1) is 5.41 Å². The molecule has 1 aromatic rings. The topological polar surface area (TPSA) is 84.9 Å². The minimum Gasteiger partial charge on any atom is -0.464 e. The van der Waals surface area contributed by atoms with Crippen LogP contribution >= 0.6 is 0 Å². The van der Waals surface area contributed by atoms with E-state index < -0.39 is 0 Å². The van der Waals surface area contributed by atoms with Crippen molar-refractivity contribution in [1.82, 2.24) is 9.97 Å². The maximum absolute atomic E-state index is 7.10. The van der Waals surface area contributed by atoms with Crippen LogP contribution in [0.1, 0.15) is 12.6 Å². The van der Waals surface area contributed by atoms with E-state index >= 15 is 0 Å². The van der Waals surface area contributed by atoms with E-state index in [1.165, 1.54) is 6.20 Å². The molecule has 0 fully saturated rings.